The first kappa shape index (κ1) is 17.7. The summed E-state index contributed by atoms with van der Waals surface area (Å²) >= 11 is 1.15. The first-order valence-electron chi connectivity index (χ1n) is 9.12. The monoisotopic (exact) mass is 406 g/mol. The zero-order chi connectivity index (χ0) is 20.1. The molecule has 0 unspecified atom stereocenters. The van der Waals surface area contributed by atoms with Crippen LogP contribution >= 0.6 is 11.5 Å². The molecule has 1 fully saturated rings. The van der Waals surface area contributed by atoms with Crippen LogP contribution in [0, 0.1) is 17.7 Å². The number of halogens is 1. The van der Waals surface area contributed by atoms with E-state index in [-0.39, 0.29) is 22.4 Å². The van der Waals surface area contributed by atoms with Gasteiger partial charge in [-0.1, -0.05) is 11.8 Å². The molecule has 2 aromatic carbocycles. The molecule has 2 heterocycles. The number of aromatic amines is 1. The van der Waals surface area contributed by atoms with E-state index in [1.54, 1.807) is 37.4 Å². The van der Waals surface area contributed by atoms with E-state index in [0.29, 0.717) is 10.3 Å². The Morgan fingerprint density at radius 2 is 1.93 bits per heavy atom. The van der Waals surface area contributed by atoms with Crippen LogP contribution in [0.25, 0.3) is 21.1 Å². The molecule has 0 atom stereocenters. The molecule has 0 amide bonds. The van der Waals surface area contributed by atoms with Gasteiger partial charge in [-0.3, -0.25) is 14.0 Å². The highest BCUT2D eigenvalue weighted by atomic mass is 32.1. The van der Waals surface area contributed by atoms with Crippen molar-refractivity contribution in [2.45, 2.75) is 18.9 Å². The van der Waals surface area contributed by atoms with Gasteiger partial charge in [0.2, 0.25) is 5.43 Å². The van der Waals surface area contributed by atoms with Gasteiger partial charge in [0.15, 0.2) is 0 Å². The molecule has 0 spiro atoms. The number of ether oxygens (including phenoxy) is 1. The summed E-state index contributed by atoms with van der Waals surface area (Å²) in [6.45, 7) is 0. The number of nitrogens with one attached hydrogen (secondary N) is 1. The van der Waals surface area contributed by atoms with E-state index < -0.39 is 16.8 Å². The van der Waals surface area contributed by atoms with E-state index in [9.17, 15) is 14.0 Å². The van der Waals surface area contributed by atoms with Crippen molar-refractivity contribution in [2.75, 3.05) is 7.11 Å². The summed E-state index contributed by atoms with van der Waals surface area (Å²) in [7, 11) is 1.59. The molecule has 0 radical (unpaired) electrons. The molecule has 0 aliphatic heterocycles. The predicted octanol–water partition coefficient (Wildman–Crippen LogP) is 3.79. The zero-order valence-electron chi connectivity index (χ0n) is 15.4. The summed E-state index contributed by atoms with van der Waals surface area (Å²) < 4.78 is 24.5. The van der Waals surface area contributed by atoms with E-state index in [1.165, 1.54) is 6.07 Å². The molecule has 1 aliphatic carbocycles. The molecule has 5 rings (SSSR count). The number of aromatic nitrogens is 2. The molecule has 1 N–H and O–H groups in total. The average molecular weight is 406 g/mol. The lowest BCUT2D eigenvalue weighted by Crippen LogP contribution is -2.15. The van der Waals surface area contributed by atoms with Gasteiger partial charge in [-0.25, -0.2) is 4.39 Å². The summed E-state index contributed by atoms with van der Waals surface area (Å²) in [4.78, 5) is 25.5. The van der Waals surface area contributed by atoms with Gasteiger partial charge in [0, 0.05) is 17.0 Å². The fourth-order valence-corrected chi connectivity index (χ4v) is 4.38. The van der Waals surface area contributed by atoms with Gasteiger partial charge in [-0.15, -0.1) is 0 Å². The van der Waals surface area contributed by atoms with Crippen LogP contribution in [-0.2, 0) is 0 Å². The molecule has 29 heavy (non-hydrogen) atoms. The van der Waals surface area contributed by atoms with Crippen molar-refractivity contribution in [2.24, 2.45) is 0 Å². The van der Waals surface area contributed by atoms with E-state index in [2.05, 4.69) is 16.2 Å². The molecule has 4 aromatic rings. The van der Waals surface area contributed by atoms with Crippen LogP contribution in [-0.4, -0.2) is 16.1 Å². The van der Waals surface area contributed by atoms with Gasteiger partial charge in [0.25, 0.3) is 5.56 Å². The quantitative estimate of drug-likeness (QED) is 0.515. The molecular formula is C22H15FN2O3S. The van der Waals surface area contributed by atoms with Crippen LogP contribution in [0.2, 0.25) is 0 Å². The van der Waals surface area contributed by atoms with Gasteiger partial charge in [-0.05, 0) is 60.8 Å². The number of methoxy groups -OCH3 is 1. The highest BCUT2D eigenvalue weighted by Gasteiger charge is 2.29. The number of hydrogen-bond acceptors (Lipinski definition) is 4. The maximum Gasteiger partial charge on any atom is 0.271 e. The summed E-state index contributed by atoms with van der Waals surface area (Å²) in [5.74, 6) is 5.96. The second-order valence-corrected chi connectivity index (χ2v) is 7.77. The molecule has 5 nitrogen and oxygen atoms in total. The van der Waals surface area contributed by atoms with Crippen LogP contribution < -0.4 is 15.7 Å². The molecule has 144 valence electrons. The lowest BCUT2D eigenvalue weighted by atomic mass is 10.1. The smallest absolute Gasteiger partial charge is 0.271 e. The minimum atomic E-state index is -0.580. The van der Waals surface area contributed by atoms with Crippen molar-refractivity contribution in [3.63, 3.8) is 0 Å². The Kier molecular flexibility index (Phi) is 4.03. The largest absolute Gasteiger partial charge is 0.497 e. The topological polar surface area (TPSA) is 64.1 Å². The molecule has 2 aromatic heterocycles. The SMILES string of the molecule is COc1ccc(C#Cc2cc3c(cc2F)c(=O)c2c(=O)[nH]sc2n3C2CC2)cc1. The third-order valence-electron chi connectivity index (χ3n) is 5.06. The Balaban J connectivity index is 1.72. The Morgan fingerprint density at radius 1 is 1.17 bits per heavy atom. The van der Waals surface area contributed by atoms with Crippen molar-refractivity contribution in [1.29, 1.82) is 0 Å². The highest BCUT2D eigenvalue weighted by molar-refractivity contribution is 7.12. The Labute approximate surface area is 168 Å². The van der Waals surface area contributed by atoms with Crippen LogP contribution in [0.1, 0.15) is 30.0 Å². The van der Waals surface area contributed by atoms with Crippen LogP contribution in [0.4, 0.5) is 4.39 Å². The number of H-pyrrole nitrogens is 1. The van der Waals surface area contributed by atoms with Gasteiger partial charge >= 0.3 is 0 Å². The van der Waals surface area contributed by atoms with Crippen LogP contribution in [0.5, 0.6) is 5.75 Å². The van der Waals surface area contributed by atoms with Crippen molar-refractivity contribution in [3.05, 3.63) is 73.9 Å². The number of pyridine rings is 1. The second kappa shape index (κ2) is 6.61. The fraction of sp³-hybridized carbons (Fsp3) is 0.182. The molecule has 1 saturated carbocycles. The summed E-state index contributed by atoms with van der Waals surface area (Å²) in [5, 5.41) is 0.312. The predicted molar refractivity (Wildman–Crippen MR) is 111 cm³/mol. The lowest BCUT2D eigenvalue weighted by molar-refractivity contribution is 0.415. The van der Waals surface area contributed by atoms with Crippen molar-refractivity contribution in [3.8, 4) is 17.6 Å². The number of rotatable bonds is 2. The average Bonchev–Trinajstić information content (AvgIpc) is 3.49. The molecular weight excluding hydrogens is 391 g/mol. The zero-order valence-corrected chi connectivity index (χ0v) is 16.2. The maximum absolute atomic E-state index is 14.7. The third-order valence-corrected chi connectivity index (χ3v) is 5.94. The van der Waals surface area contributed by atoms with E-state index in [0.717, 1.165) is 35.7 Å². The summed E-state index contributed by atoms with van der Waals surface area (Å²) in [6, 6.07) is 10.2. The Bertz CT molecular complexity index is 1450. The number of hydrogen-bond donors (Lipinski definition) is 1. The second-order valence-electron chi connectivity index (χ2n) is 6.97. The van der Waals surface area contributed by atoms with Crippen molar-refractivity contribution in [1.82, 2.24) is 8.94 Å². The normalized spacial score (nSPS) is 13.4. The van der Waals surface area contributed by atoms with Crippen molar-refractivity contribution < 1.29 is 9.13 Å². The van der Waals surface area contributed by atoms with Gasteiger partial charge in [0.05, 0.1) is 18.2 Å². The minimum absolute atomic E-state index is 0.103. The third kappa shape index (κ3) is 2.93. The first-order valence-corrected chi connectivity index (χ1v) is 9.93. The molecule has 7 heteroatoms. The standard InChI is InChI=1S/C22H15FN2O3S/c1-28-15-8-3-12(4-9-15)2-5-13-10-18-16(11-17(13)23)20(26)19-21(27)24-29-22(19)25(18)14-6-7-14/h3-4,8-11,14H,6-7H2,1H3,(H,24,27). The molecule has 0 saturated heterocycles. The number of nitrogens with zero attached hydrogens (tertiary/aromatic N) is 1. The minimum Gasteiger partial charge on any atom is -0.497 e. The Morgan fingerprint density at radius 3 is 2.62 bits per heavy atom. The van der Waals surface area contributed by atoms with Gasteiger partial charge in [0.1, 0.15) is 21.8 Å². The highest BCUT2D eigenvalue weighted by Crippen LogP contribution is 2.40. The summed E-state index contributed by atoms with van der Waals surface area (Å²) in [5.41, 5.74) is 0.687. The molecule has 1 aliphatic rings. The summed E-state index contributed by atoms with van der Waals surface area (Å²) in [6.07, 6.45) is 1.92. The van der Waals surface area contributed by atoms with Crippen LogP contribution in [0.3, 0.4) is 0 Å². The Hall–Kier alpha value is -3.37. The van der Waals surface area contributed by atoms with E-state index >= 15 is 0 Å². The lowest BCUT2D eigenvalue weighted by Gasteiger charge is -2.12. The van der Waals surface area contributed by atoms with E-state index in [4.69, 9.17) is 4.74 Å². The number of fused-ring (bicyclic) bond motifs is 2. The van der Waals surface area contributed by atoms with Gasteiger partial charge in [-0.2, -0.15) is 0 Å². The van der Waals surface area contributed by atoms with E-state index in [1.807, 2.05) is 4.57 Å². The fourth-order valence-electron chi connectivity index (χ4n) is 3.46. The first-order chi connectivity index (χ1) is 14.1. The van der Waals surface area contributed by atoms with Crippen molar-refractivity contribution >= 4 is 32.7 Å². The molecule has 0 bridgehead atoms. The van der Waals surface area contributed by atoms with Crippen LogP contribution in [0.15, 0.2) is 46.0 Å². The number of benzene rings is 2. The maximum atomic E-state index is 14.7. The van der Waals surface area contributed by atoms with Gasteiger partial charge < -0.3 is 9.30 Å².